The summed E-state index contributed by atoms with van der Waals surface area (Å²) in [6, 6.07) is 2.99. The molecule has 0 aromatic carbocycles. The molecule has 1 aliphatic heterocycles. The molecule has 7 nitrogen and oxygen atoms in total. The molecule has 1 atom stereocenters. The normalized spacial score (nSPS) is 20.5. The zero-order chi connectivity index (χ0) is 15.0. The molecule has 3 rings (SSSR count). The van der Waals surface area contributed by atoms with Gasteiger partial charge in [0.2, 0.25) is 0 Å². The average Bonchev–Trinajstić information content (AvgIpc) is 3.09. The lowest BCUT2D eigenvalue weighted by Crippen LogP contribution is -2.36. The fourth-order valence-electron chi connectivity index (χ4n) is 2.39. The van der Waals surface area contributed by atoms with Gasteiger partial charge in [0.25, 0.3) is 5.91 Å². The smallest absolute Gasteiger partial charge is 0.257 e. The number of aromatic nitrogens is 1. The van der Waals surface area contributed by atoms with Gasteiger partial charge in [-0.2, -0.15) is 0 Å². The Balaban J connectivity index is 1.84. The molecule has 0 aliphatic carbocycles. The molecule has 21 heavy (non-hydrogen) atoms. The second-order valence-corrected chi connectivity index (χ2v) is 7.24. The molecule has 1 saturated heterocycles. The van der Waals surface area contributed by atoms with Gasteiger partial charge in [-0.1, -0.05) is 5.16 Å². The van der Waals surface area contributed by atoms with Crippen LogP contribution in [-0.4, -0.2) is 37.0 Å². The standard InChI is InChI=1S/C13H14N2O5S/c1-8-11(12(15-20-8)10-3-2-5-19-10)13(16)14-9-4-6-21(17,18)7-9/h2-3,5,9H,4,6-7H2,1H3,(H,14,16). The van der Waals surface area contributed by atoms with Crippen molar-refractivity contribution in [2.75, 3.05) is 11.5 Å². The summed E-state index contributed by atoms with van der Waals surface area (Å²) >= 11 is 0. The molecule has 0 radical (unpaired) electrons. The van der Waals surface area contributed by atoms with E-state index in [1.165, 1.54) is 6.26 Å². The molecule has 0 saturated carbocycles. The van der Waals surface area contributed by atoms with Gasteiger partial charge < -0.3 is 14.3 Å². The third-order valence-corrected chi connectivity index (χ3v) is 5.18. The number of amides is 1. The maximum atomic E-state index is 12.4. The lowest BCUT2D eigenvalue weighted by Gasteiger charge is -2.10. The fourth-order valence-corrected chi connectivity index (χ4v) is 4.06. The van der Waals surface area contributed by atoms with E-state index >= 15 is 0 Å². The first kappa shape index (κ1) is 13.9. The predicted molar refractivity (Wildman–Crippen MR) is 73.5 cm³/mol. The Morgan fingerprint density at radius 1 is 1.48 bits per heavy atom. The van der Waals surface area contributed by atoms with E-state index in [1.807, 2.05) is 0 Å². The summed E-state index contributed by atoms with van der Waals surface area (Å²) in [5.74, 6) is 0.461. The maximum absolute atomic E-state index is 12.4. The number of nitrogens with zero attached hydrogens (tertiary/aromatic N) is 1. The summed E-state index contributed by atoms with van der Waals surface area (Å²) in [6.07, 6.45) is 1.90. The first-order valence-corrected chi connectivity index (χ1v) is 8.30. The van der Waals surface area contributed by atoms with Crippen LogP contribution in [0.15, 0.2) is 27.3 Å². The van der Waals surface area contributed by atoms with Crippen molar-refractivity contribution in [3.63, 3.8) is 0 Å². The van der Waals surface area contributed by atoms with Crippen molar-refractivity contribution in [3.8, 4) is 11.5 Å². The fraction of sp³-hybridized carbons (Fsp3) is 0.385. The molecule has 2 aromatic heterocycles. The van der Waals surface area contributed by atoms with Gasteiger partial charge in [-0.25, -0.2) is 8.42 Å². The van der Waals surface area contributed by atoms with Crippen LogP contribution >= 0.6 is 0 Å². The minimum absolute atomic E-state index is 0.0286. The SMILES string of the molecule is Cc1onc(-c2ccco2)c1C(=O)NC1CCS(=O)(=O)C1. The van der Waals surface area contributed by atoms with Crippen LogP contribution in [0, 0.1) is 6.92 Å². The third-order valence-electron chi connectivity index (χ3n) is 3.41. The second-order valence-electron chi connectivity index (χ2n) is 5.01. The number of aryl methyl sites for hydroxylation is 1. The van der Waals surface area contributed by atoms with E-state index in [1.54, 1.807) is 19.1 Å². The highest BCUT2D eigenvalue weighted by atomic mass is 32.2. The van der Waals surface area contributed by atoms with Gasteiger partial charge in [-0.15, -0.1) is 0 Å². The van der Waals surface area contributed by atoms with Crippen LogP contribution in [0.4, 0.5) is 0 Å². The van der Waals surface area contributed by atoms with Gasteiger partial charge in [0, 0.05) is 6.04 Å². The summed E-state index contributed by atoms with van der Waals surface area (Å²) in [6.45, 7) is 1.62. The van der Waals surface area contributed by atoms with Crippen LogP contribution < -0.4 is 5.32 Å². The van der Waals surface area contributed by atoms with Gasteiger partial charge in [0.1, 0.15) is 11.3 Å². The third kappa shape index (κ3) is 2.71. The van der Waals surface area contributed by atoms with E-state index < -0.39 is 15.7 Å². The molecule has 0 spiro atoms. The Kier molecular flexibility index (Phi) is 3.32. The van der Waals surface area contributed by atoms with Crippen LogP contribution in [0.5, 0.6) is 0 Å². The van der Waals surface area contributed by atoms with E-state index in [-0.39, 0.29) is 23.1 Å². The summed E-state index contributed by atoms with van der Waals surface area (Å²) in [7, 11) is -3.05. The molecular formula is C13H14N2O5S. The van der Waals surface area contributed by atoms with E-state index in [0.717, 1.165) is 0 Å². The minimum atomic E-state index is -3.05. The highest BCUT2D eigenvalue weighted by Gasteiger charge is 2.31. The summed E-state index contributed by atoms with van der Waals surface area (Å²) < 4.78 is 33.2. The Morgan fingerprint density at radius 2 is 2.29 bits per heavy atom. The molecule has 0 bridgehead atoms. The van der Waals surface area contributed by atoms with Gasteiger partial charge in [0.05, 0.1) is 17.8 Å². The van der Waals surface area contributed by atoms with Crippen molar-refractivity contribution in [2.45, 2.75) is 19.4 Å². The van der Waals surface area contributed by atoms with Crippen LogP contribution in [0.2, 0.25) is 0 Å². The molecule has 1 N–H and O–H groups in total. The van der Waals surface area contributed by atoms with Crippen molar-refractivity contribution in [1.29, 1.82) is 0 Å². The van der Waals surface area contributed by atoms with Gasteiger partial charge in [-0.05, 0) is 25.5 Å². The molecule has 8 heteroatoms. The number of nitrogens with one attached hydrogen (secondary N) is 1. The van der Waals surface area contributed by atoms with Crippen molar-refractivity contribution in [3.05, 3.63) is 29.7 Å². The summed E-state index contributed by atoms with van der Waals surface area (Å²) in [5.41, 5.74) is 0.588. The van der Waals surface area contributed by atoms with Crippen LogP contribution in [0.3, 0.4) is 0 Å². The molecular weight excluding hydrogens is 296 g/mol. The lowest BCUT2D eigenvalue weighted by molar-refractivity contribution is 0.0940. The highest BCUT2D eigenvalue weighted by Crippen LogP contribution is 2.26. The quantitative estimate of drug-likeness (QED) is 0.912. The lowest BCUT2D eigenvalue weighted by atomic mass is 10.1. The zero-order valence-electron chi connectivity index (χ0n) is 11.3. The molecule has 1 unspecified atom stereocenters. The van der Waals surface area contributed by atoms with Gasteiger partial charge in [0.15, 0.2) is 21.3 Å². The van der Waals surface area contributed by atoms with Crippen LogP contribution in [0.1, 0.15) is 22.5 Å². The van der Waals surface area contributed by atoms with E-state index in [0.29, 0.717) is 23.6 Å². The van der Waals surface area contributed by atoms with Gasteiger partial charge in [-0.3, -0.25) is 4.79 Å². The largest absolute Gasteiger partial charge is 0.463 e. The van der Waals surface area contributed by atoms with Gasteiger partial charge >= 0.3 is 0 Å². The Labute approximate surface area is 121 Å². The van der Waals surface area contributed by atoms with Crippen molar-refractivity contribution in [2.24, 2.45) is 0 Å². The van der Waals surface area contributed by atoms with E-state index in [4.69, 9.17) is 8.94 Å². The topological polar surface area (TPSA) is 102 Å². The Bertz CT molecular complexity index is 761. The number of furan rings is 1. The number of sulfone groups is 1. The number of hydrogen-bond acceptors (Lipinski definition) is 6. The number of rotatable bonds is 3. The zero-order valence-corrected chi connectivity index (χ0v) is 12.1. The molecule has 2 aromatic rings. The predicted octanol–water partition coefficient (Wildman–Crippen LogP) is 1.16. The second kappa shape index (κ2) is 5.03. The maximum Gasteiger partial charge on any atom is 0.257 e. The van der Waals surface area contributed by atoms with Crippen LogP contribution in [-0.2, 0) is 9.84 Å². The summed E-state index contributed by atoms with van der Waals surface area (Å²) in [4.78, 5) is 12.4. The van der Waals surface area contributed by atoms with Crippen molar-refractivity contribution in [1.82, 2.24) is 10.5 Å². The molecule has 1 fully saturated rings. The molecule has 3 heterocycles. The summed E-state index contributed by atoms with van der Waals surface area (Å²) in [5, 5.41) is 6.55. The van der Waals surface area contributed by atoms with Crippen LogP contribution in [0.25, 0.3) is 11.5 Å². The molecule has 112 valence electrons. The van der Waals surface area contributed by atoms with Crippen molar-refractivity contribution < 1.29 is 22.2 Å². The number of hydrogen-bond donors (Lipinski definition) is 1. The minimum Gasteiger partial charge on any atom is -0.463 e. The van der Waals surface area contributed by atoms with E-state index in [2.05, 4.69) is 10.5 Å². The Hall–Kier alpha value is -2.09. The molecule has 1 amide bonds. The van der Waals surface area contributed by atoms with E-state index in [9.17, 15) is 13.2 Å². The first-order chi connectivity index (χ1) is 9.96. The monoisotopic (exact) mass is 310 g/mol. The first-order valence-electron chi connectivity index (χ1n) is 6.48. The van der Waals surface area contributed by atoms with Crippen molar-refractivity contribution >= 4 is 15.7 Å². The Morgan fingerprint density at radius 3 is 2.90 bits per heavy atom. The highest BCUT2D eigenvalue weighted by molar-refractivity contribution is 7.91. The molecule has 1 aliphatic rings. The number of carbonyl (C=O) groups is 1. The average molecular weight is 310 g/mol. The number of carbonyl (C=O) groups excluding carboxylic acids is 1.